The number of rotatable bonds is 8. The normalized spacial score (nSPS) is 23.3. The van der Waals surface area contributed by atoms with Crippen LogP contribution < -0.4 is 0 Å². The molecule has 0 aliphatic heterocycles. The molecule has 0 saturated heterocycles. The summed E-state index contributed by atoms with van der Waals surface area (Å²) >= 11 is 0. The van der Waals surface area contributed by atoms with Gasteiger partial charge in [-0.2, -0.15) is 0 Å². The van der Waals surface area contributed by atoms with Crippen LogP contribution in [0.1, 0.15) is 66.7 Å². The van der Waals surface area contributed by atoms with Crippen molar-refractivity contribution in [3.8, 4) is 12.3 Å². The van der Waals surface area contributed by atoms with E-state index in [9.17, 15) is 4.79 Å². The number of ketones is 1. The monoisotopic (exact) mass is 308 g/mol. The van der Waals surface area contributed by atoms with Crippen LogP contribution in [0.25, 0.3) is 0 Å². The smallest absolute Gasteiger partial charge is 0.193 e. The largest absolute Gasteiger partial charge is 0.404 e. The molecule has 120 valence electrons. The Bertz CT molecular complexity index is 396. The van der Waals surface area contributed by atoms with E-state index < -0.39 is 13.9 Å². The molecule has 0 heterocycles. The molecule has 1 saturated carbocycles. The minimum Gasteiger partial charge on any atom is -0.404 e. The third-order valence-corrected chi connectivity index (χ3v) is 9.87. The number of hydrogen-bond donors (Lipinski definition) is 0. The summed E-state index contributed by atoms with van der Waals surface area (Å²) in [5, 5.41) is 0. The molecule has 1 atom stereocenters. The van der Waals surface area contributed by atoms with E-state index in [1.165, 1.54) is 0 Å². The zero-order valence-electron chi connectivity index (χ0n) is 14.6. The second-order valence-corrected chi connectivity index (χ2v) is 12.0. The van der Waals surface area contributed by atoms with E-state index in [0.717, 1.165) is 37.4 Å². The second kappa shape index (κ2) is 7.11. The van der Waals surface area contributed by atoms with Crippen molar-refractivity contribution >= 4 is 14.1 Å². The van der Waals surface area contributed by atoms with Crippen LogP contribution in [-0.2, 0) is 9.22 Å². The maximum absolute atomic E-state index is 12.6. The van der Waals surface area contributed by atoms with E-state index in [1.54, 1.807) is 0 Å². The highest BCUT2D eigenvalue weighted by Crippen LogP contribution is 2.44. The molecule has 0 aromatic rings. The van der Waals surface area contributed by atoms with Gasteiger partial charge in [-0.05, 0) is 42.8 Å². The quantitative estimate of drug-likeness (QED) is 0.469. The summed E-state index contributed by atoms with van der Waals surface area (Å²) in [6, 6.07) is 3.26. The number of carbonyl (C=O) groups excluding carboxylic acids is 1. The standard InChI is InChI=1S/C18H32O2Si/c1-7-13-17(5,6)15-18(14-11-12-16(18)19)20-21(8-2,9-3)10-4/h1H,8-15H2,2-6H3. The minimum atomic E-state index is -1.79. The summed E-state index contributed by atoms with van der Waals surface area (Å²) in [4.78, 5) is 12.6. The third kappa shape index (κ3) is 4.20. The molecule has 1 rings (SSSR count). The zero-order valence-corrected chi connectivity index (χ0v) is 15.6. The highest BCUT2D eigenvalue weighted by atomic mass is 28.4. The summed E-state index contributed by atoms with van der Waals surface area (Å²) < 4.78 is 6.75. The van der Waals surface area contributed by atoms with Crippen molar-refractivity contribution in [2.45, 2.75) is 90.5 Å². The molecule has 21 heavy (non-hydrogen) atoms. The molecule has 0 N–H and O–H groups in total. The van der Waals surface area contributed by atoms with Gasteiger partial charge in [0, 0.05) is 12.8 Å². The minimum absolute atomic E-state index is 0.0376. The molecule has 0 aromatic heterocycles. The van der Waals surface area contributed by atoms with Crippen LogP contribution >= 0.6 is 0 Å². The van der Waals surface area contributed by atoms with Crippen LogP contribution in [0.2, 0.25) is 18.1 Å². The lowest BCUT2D eigenvalue weighted by molar-refractivity contribution is -0.134. The first-order chi connectivity index (χ1) is 9.78. The van der Waals surface area contributed by atoms with Crippen molar-refractivity contribution in [3.63, 3.8) is 0 Å². The summed E-state index contributed by atoms with van der Waals surface area (Å²) in [7, 11) is -1.79. The van der Waals surface area contributed by atoms with Crippen molar-refractivity contribution in [1.82, 2.24) is 0 Å². The van der Waals surface area contributed by atoms with E-state index in [4.69, 9.17) is 10.8 Å². The third-order valence-electron chi connectivity index (χ3n) is 5.18. The summed E-state index contributed by atoms with van der Waals surface area (Å²) in [5.74, 6) is 3.08. The van der Waals surface area contributed by atoms with E-state index in [0.29, 0.717) is 18.6 Å². The molecular weight excluding hydrogens is 276 g/mol. The number of Topliss-reactive ketones (excluding diaryl/α,β-unsaturated/α-hetero) is 1. The Morgan fingerprint density at radius 3 is 2.24 bits per heavy atom. The average molecular weight is 309 g/mol. The molecular formula is C18H32O2Si. The van der Waals surface area contributed by atoms with Gasteiger partial charge in [0.15, 0.2) is 14.1 Å². The van der Waals surface area contributed by atoms with Crippen LogP contribution in [0.4, 0.5) is 0 Å². The SMILES string of the molecule is C#CCC(C)(C)CC1(O[Si](CC)(CC)CC)CCCC1=O. The Morgan fingerprint density at radius 1 is 1.29 bits per heavy atom. The highest BCUT2D eigenvalue weighted by Gasteiger charge is 2.50. The lowest BCUT2D eigenvalue weighted by Gasteiger charge is -2.42. The summed E-state index contributed by atoms with van der Waals surface area (Å²) in [6.07, 6.45) is 9.50. The van der Waals surface area contributed by atoms with Gasteiger partial charge in [0.05, 0.1) is 0 Å². The van der Waals surface area contributed by atoms with E-state index in [1.807, 2.05) is 0 Å². The van der Waals surface area contributed by atoms with Gasteiger partial charge in [0.1, 0.15) is 5.60 Å². The molecule has 0 radical (unpaired) electrons. The Morgan fingerprint density at radius 2 is 1.86 bits per heavy atom. The van der Waals surface area contributed by atoms with Crippen molar-refractivity contribution in [3.05, 3.63) is 0 Å². The van der Waals surface area contributed by atoms with Gasteiger partial charge in [-0.1, -0.05) is 34.6 Å². The fraction of sp³-hybridized carbons (Fsp3) is 0.833. The maximum atomic E-state index is 12.6. The van der Waals surface area contributed by atoms with E-state index in [-0.39, 0.29) is 5.41 Å². The fourth-order valence-corrected chi connectivity index (χ4v) is 6.78. The fourth-order valence-electron chi connectivity index (χ4n) is 3.73. The summed E-state index contributed by atoms with van der Waals surface area (Å²) in [5.41, 5.74) is -0.585. The molecule has 3 heteroatoms. The number of hydrogen-bond acceptors (Lipinski definition) is 2. The van der Waals surface area contributed by atoms with Gasteiger partial charge in [-0.25, -0.2) is 0 Å². The Labute approximate surface area is 132 Å². The van der Waals surface area contributed by atoms with Crippen molar-refractivity contribution < 1.29 is 9.22 Å². The van der Waals surface area contributed by atoms with Gasteiger partial charge in [-0.15, -0.1) is 12.3 Å². The molecule has 1 aliphatic carbocycles. The molecule has 1 aliphatic rings. The van der Waals surface area contributed by atoms with Crippen molar-refractivity contribution in [1.29, 1.82) is 0 Å². The van der Waals surface area contributed by atoms with Crippen LogP contribution in [-0.4, -0.2) is 19.7 Å². The molecule has 1 fully saturated rings. The Kier molecular flexibility index (Phi) is 6.25. The van der Waals surface area contributed by atoms with Crippen LogP contribution in [0.5, 0.6) is 0 Å². The van der Waals surface area contributed by atoms with E-state index in [2.05, 4.69) is 40.5 Å². The average Bonchev–Trinajstić information content (AvgIpc) is 2.76. The second-order valence-electron chi connectivity index (χ2n) is 7.34. The lowest BCUT2D eigenvalue weighted by Crippen LogP contribution is -2.51. The van der Waals surface area contributed by atoms with Gasteiger partial charge in [0.2, 0.25) is 0 Å². The summed E-state index contributed by atoms with van der Waals surface area (Å²) in [6.45, 7) is 11.0. The van der Waals surface area contributed by atoms with Gasteiger partial charge < -0.3 is 4.43 Å². The molecule has 0 spiro atoms. The molecule has 2 nitrogen and oxygen atoms in total. The first kappa shape index (κ1) is 18.5. The van der Waals surface area contributed by atoms with Gasteiger partial charge in [0.25, 0.3) is 0 Å². The van der Waals surface area contributed by atoms with Crippen molar-refractivity contribution in [2.24, 2.45) is 5.41 Å². The molecule has 0 bridgehead atoms. The van der Waals surface area contributed by atoms with E-state index >= 15 is 0 Å². The zero-order chi connectivity index (χ0) is 16.1. The number of terminal acetylenes is 1. The molecule has 1 unspecified atom stereocenters. The first-order valence-corrected chi connectivity index (χ1v) is 11.0. The number of carbonyl (C=O) groups is 1. The van der Waals surface area contributed by atoms with Crippen LogP contribution in [0, 0.1) is 17.8 Å². The Hall–Kier alpha value is -0.593. The van der Waals surface area contributed by atoms with Gasteiger partial charge >= 0.3 is 0 Å². The maximum Gasteiger partial charge on any atom is 0.193 e. The molecule has 0 amide bonds. The van der Waals surface area contributed by atoms with Crippen molar-refractivity contribution in [2.75, 3.05) is 0 Å². The molecule has 0 aromatic carbocycles. The topological polar surface area (TPSA) is 26.3 Å². The lowest BCUT2D eigenvalue weighted by atomic mass is 9.77. The highest BCUT2D eigenvalue weighted by molar-refractivity contribution is 6.73. The predicted octanol–water partition coefficient (Wildman–Crippen LogP) is 4.94. The van der Waals surface area contributed by atoms with Gasteiger partial charge in [-0.3, -0.25) is 4.79 Å². The first-order valence-electron chi connectivity index (χ1n) is 8.45. The van der Waals surface area contributed by atoms with Crippen LogP contribution in [0.3, 0.4) is 0 Å². The predicted molar refractivity (Wildman–Crippen MR) is 91.7 cm³/mol. The van der Waals surface area contributed by atoms with Crippen LogP contribution in [0.15, 0.2) is 0 Å². The Balaban J connectivity index is 3.06.